The third kappa shape index (κ3) is 8.35. The van der Waals surface area contributed by atoms with Crippen LogP contribution in [0.1, 0.15) is 20.8 Å². The lowest BCUT2D eigenvalue weighted by atomic mass is 10.3. The van der Waals surface area contributed by atoms with Crippen LogP contribution in [0.4, 0.5) is 0 Å². The van der Waals surface area contributed by atoms with Gasteiger partial charge in [-0.05, 0) is 20.8 Å². The summed E-state index contributed by atoms with van der Waals surface area (Å²) >= 11 is 0. The summed E-state index contributed by atoms with van der Waals surface area (Å²) in [6.45, 7) is 14.0. The van der Waals surface area contributed by atoms with Crippen LogP contribution in [-0.4, -0.2) is 106 Å². The van der Waals surface area contributed by atoms with Crippen LogP contribution in [0.2, 0.25) is 0 Å². The van der Waals surface area contributed by atoms with Gasteiger partial charge in [0.25, 0.3) is 0 Å². The van der Waals surface area contributed by atoms with E-state index in [4.69, 9.17) is 14.2 Å². The van der Waals surface area contributed by atoms with Gasteiger partial charge in [-0.15, -0.1) is 0 Å². The monoisotopic (exact) mass is 471 g/mol. The number of esters is 3. The molecule has 0 amide bonds. The summed E-state index contributed by atoms with van der Waals surface area (Å²) in [7, 11) is 0. The van der Waals surface area contributed by atoms with E-state index < -0.39 is 37.0 Å². The maximum Gasteiger partial charge on any atom is 0.333 e. The average molecular weight is 472 g/mol. The van der Waals surface area contributed by atoms with E-state index in [2.05, 4.69) is 19.7 Å². The molecule has 0 spiro atoms. The highest BCUT2D eigenvalue weighted by Crippen LogP contribution is 2.22. The second-order valence-corrected chi connectivity index (χ2v) is 7.50. The van der Waals surface area contributed by atoms with Crippen molar-refractivity contribution in [1.82, 2.24) is 14.7 Å². The molecule has 186 valence electrons. The molecule has 1 rings (SSSR count). The molecular weight excluding hydrogens is 438 g/mol. The van der Waals surface area contributed by atoms with Crippen molar-refractivity contribution in [2.75, 3.05) is 39.5 Å². The maximum absolute atomic E-state index is 11.6. The molecule has 12 heteroatoms. The van der Waals surface area contributed by atoms with E-state index >= 15 is 0 Å². The zero-order valence-corrected chi connectivity index (χ0v) is 19.2. The van der Waals surface area contributed by atoms with Crippen LogP contribution >= 0.6 is 0 Å². The second-order valence-electron chi connectivity index (χ2n) is 7.50. The smallest absolute Gasteiger partial charge is 0.333 e. The summed E-state index contributed by atoms with van der Waals surface area (Å²) in [5, 5.41) is 32.1. The molecule has 0 aliphatic carbocycles. The predicted octanol–water partition coefficient (Wildman–Crippen LogP) is -0.908. The molecule has 1 aliphatic heterocycles. The van der Waals surface area contributed by atoms with E-state index in [1.807, 2.05) is 0 Å². The number of hydrogen-bond acceptors (Lipinski definition) is 12. The highest BCUT2D eigenvalue weighted by molar-refractivity contribution is 5.87. The van der Waals surface area contributed by atoms with Gasteiger partial charge >= 0.3 is 17.9 Å². The number of nitrogens with zero attached hydrogens (tertiary/aromatic N) is 3. The Balaban J connectivity index is 2.91. The van der Waals surface area contributed by atoms with E-state index in [0.29, 0.717) is 0 Å². The number of aliphatic hydroxyl groups excluding tert-OH is 3. The van der Waals surface area contributed by atoms with Crippen molar-refractivity contribution in [3.63, 3.8) is 0 Å². The molecule has 0 atom stereocenters. The van der Waals surface area contributed by atoms with Gasteiger partial charge in [0, 0.05) is 36.4 Å². The fourth-order valence-electron chi connectivity index (χ4n) is 2.72. The average Bonchev–Trinajstić information content (AvgIpc) is 2.74. The van der Waals surface area contributed by atoms with Crippen molar-refractivity contribution in [2.45, 2.75) is 39.8 Å². The quantitative estimate of drug-likeness (QED) is 0.184. The summed E-state index contributed by atoms with van der Waals surface area (Å²) in [4.78, 5) is 38.2. The molecule has 1 aliphatic rings. The van der Waals surface area contributed by atoms with Gasteiger partial charge in [0.05, 0.1) is 0 Å². The molecule has 0 aromatic heterocycles. The molecule has 1 heterocycles. The number of rotatable bonds is 12. The summed E-state index contributed by atoms with van der Waals surface area (Å²) in [5.41, 5.74) is 0.561. The number of ether oxygens (including phenoxy) is 3. The van der Waals surface area contributed by atoms with Gasteiger partial charge in [-0.2, -0.15) is 0 Å². The number of carbonyl (C=O) groups is 3. The van der Waals surface area contributed by atoms with E-state index in [-0.39, 0.29) is 56.2 Å². The van der Waals surface area contributed by atoms with Crippen LogP contribution in [0.25, 0.3) is 0 Å². The van der Waals surface area contributed by atoms with Gasteiger partial charge < -0.3 is 29.5 Å². The Kier molecular flexibility index (Phi) is 11.4. The van der Waals surface area contributed by atoms with Gasteiger partial charge in [0.15, 0.2) is 19.1 Å². The van der Waals surface area contributed by atoms with Gasteiger partial charge in [0.1, 0.15) is 19.8 Å². The Labute approximate surface area is 192 Å². The van der Waals surface area contributed by atoms with Gasteiger partial charge in [-0.3, -0.25) is 0 Å². The number of aliphatic hydroxyl groups is 3. The molecular formula is C21H33N3O9. The van der Waals surface area contributed by atoms with Crippen LogP contribution in [0.5, 0.6) is 0 Å². The normalized spacial score (nSPS) is 21.8. The van der Waals surface area contributed by atoms with Gasteiger partial charge in [-0.1, -0.05) is 19.7 Å². The molecule has 1 fully saturated rings. The molecule has 0 unspecified atom stereocenters. The summed E-state index contributed by atoms with van der Waals surface area (Å²) < 4.78 is 15.1. The lowest BCUT2D eigenvalue weighted by molar-refractivity contribution is -0.342. The first-order chi connectivity index (χ1) is 15.4. The SMILES string of the molecule is C=C(C)C(=O)OCCN1C(O)N(CCOC(=O)C(=C)C)C(O)N(CCOC(=O)C(=C)C)C1O. The van der Waals surface area contributed by atoms with Crippen molar-refractivity contribution in [1.29, 1.82) is 0 Å². The Bertz CT molecular complexity index is 658. The zero-order valence-electron chi connectivity index (χ0n) is 19.2. The molecule has 33 heavy (non-hydrogen) atoms. The molecule has 0 saturated carbocycles. The molecule has 0 bridgehead atoms. The minimum atomic E-state index is -1.52. The van der Waals surface area contributed by atoms with Gasteiger partial charge in [0.2, 0.25) is 0 Å². The Morgan fingerprint density at radius 1 is 0.606 bits per heavy atom. The topological polar surface area (TPSA) is 149 Å². The molecule has 0 aromatic rings. The summed E-state index contributed by atoms with van der Waals surface area (Å²) in [6.07, 6.45) is -4.55. The van der Waals surface area contributed by atoms with E-state index in [1.165, 1.54) is 20.8 Å². The minimum Gasteiger partial charge on any atom is -0.461 e. The Morgan fingerprint density at radius 3 is 1.00 bits per heavy atom. The third-order valence-corrected chi connectivity index (χ3v) is 4.57. The largest absolute Gasteiger partial charge is 0.461 e. The fourth-order valence-corrected chi connectivity index (χ4v) is 2.72. The van der Waals surface area contributed by atoms with Crippen molar-refractivity contribution in [3.8, 4) is 0 Å². The Hall–Kier alpha value is -2.61. The third-order valence-electron chi connectivity index (χ3n) is 4.57. The number of hydrogen-bond donors (Lipinski definition) is 3. The van der Waals surface area contributed by atoms with Crippen molar-refractivity contribution < 1.29 is 43.9 Å². The van der Waals surface area contributed by atoms with E-state index in [9.17, 15) is 29.7 Å². The van der Waals surface area contributed by atoms with Crippen molar-refractivity contribution in [3.05, 3.63) is 36.5 Å². The minimum absolute atomic E-state index is 0.113. The highest BCUT2D eigenvalue weighted by atomic mass is 16.5. The van der Waals surface area contributed by atoms with Crippen LogP contribution in [0.15, 0.2) is 36.5 Å². The van der Waals surface area contributed by atoms with Crippen LogP contribution in [-0.2, 0) is 28.6 Å². The lowest BCUT2D eigenvalue weighted by Gasteiger charge is -2.51. The van der Waals surface area contributed by atoms with E-state index in [1.54, 1.807) is 0 Å². The summed E-state index contributed by atoms with van der Waals surface area (Å²) in [6, 6.07) is 0. The molecule has 0 aromatic carbocycles. The van der Waals surface area contributed by atoms with Gasteiger partial charge in [-0.25, -0.2) is 29.1 Å². The highest BCUT2D eigenvalue weighted by Gasteiger charge is 2.44. The predicted molar refractivity (Wildman–Crippen MR) is 115 cm³/mol. The molecule has 1 saturated heterocycles. The Morgan fingerprint density at radius 2 is 0.818 bits per heavy atom. The molecule has 0 radical (unpaired) electrons. The van der Waals surface area contributed by atoms with Crippen LogP contribution < -0.4 is 0 Å². The summed E-state index contributed by atoms with van der Waals surface area (Å²) in [5.74, 6) is -1.91. The maximum atomic E-state index is 11.6. The van der Waals surface area contributed by atoms with Crippen LogP contribution in [0.3, 0.4) is 0 Å². The number of carbonyl (C=O) groups excluding carboxylic acids is 3. The van der Waals surface area contributed by atoms with Crippen LogP contribution in [0, 0.1) is 0 Å². The molecule has 3 N–H and O–H groups in total. The second kappa shape index (κ2) is 13.2. The zero-order chi connectivity index (χ0) is 25.3. The molecule has 12 nitrogen and oxygen atoms in total. The first kappa shape index (κ1) is 28.4. The first-order valence-electron chi connectivity index (χ1n) is 10.2. The fraction of sp³-hybridized carbons (Fsp3) is 0.571. The van der Waals surface area contributed by atoms with E-state index in [0.717, 1.165) is 14.7 Å². The van der Waals surface area contributed by atoms with Crippen molar-refractivity contribution in [2.24, 2.45) is 0 Å². The lowest BCUT2D eigenvalue weighted by Crippen LogP contribution is -2.72. The first-order valence-corrected chi connectivity index (χ1v) is 10.2. The van der Waals surface area contributed by atoms with Crippen molar-refractivity contribution >= 4 is 17.9 Å². The standard InChI is InChI=1S/C21H33N3O9/c1-13(2)16(25)31-10-7-22-19(28)23(8-11-32-17(26)14(3)4)21(30)24(20(22)29)9-12-33-18(27)15(5)6/h19-21,28-30H,1,3,5,7-12H2,2,4,6H3.